The first-order valence-corrected chi connectivity index (χ1v) is 11.1. The van der Waals surface area contributed by atoms with Gasteiger partial charge in [0, 0.05) is 5.39 Å². The Morgan fingerprint density at radius 1 is 1.28 bits per heavy atom. The Morgan fingerprint density at radius 3 is 2.59 bits per heavy atom. The molecule has 32 heavy (non-hydrogen) atoms. The fraction of sp³-hybridized carbons (Fsp3) is 0.381. The molecule has 1 N–H and O–H groups in total. The zero-order chi connectivity index (χ0) is 22.7. The first kappa shape index (κ1) is 20.8. The predicted molar refractivity (Wildman–Crippen MR) is 112 cm³/mol. The van der Waals surface area contributed by atoms with E-state index in [0.29, 0.717) is 60.5 Å². The lowest BCUT2D eigenvalue weighted by Gasteiger charge is -2.36. The highest BCUT2D eigenvalue weighted by molar-refractivity contribution is 8.00. The van der Waals surface area contributed by atoms with Gasteiger partial charge in [-0.1, -0.05) is 11.8 Å². The molecule has 2 aliphatic rings. The Balaban J connectivity index is 1.44. The van der Waals surface area contributed by atoms with Crippen molar-refractivity contribution in [3.8, 4) is 0 Å². The van der Waals surface area contributed by atoms with Crippen molar-refractivity contribution in [2.24, 2.45) is 0 Å². The van der Waals surface area contributed by atoms with Gasteiger partial charge in [0.2, 0.25) is 5.76 Å². The maximum Gasteiger partial charge on any atom is 0.519 e. The van der Waals surface area contributed by atoms with Gasteiger partial charge in [-0.15, -0.1) is 0 Å². The minimum atomic E-state index is -1.55. The number of benzene rings is 1. The Hall–Kier alpha value is -3.05. The van der Waals surface area contributed by atoms with Crippen LogP contribution in [-0.4, -0.2) is 36.7 Å². The summed E-state index contributed by atoms with van der Waals surface area (Å²) in [7, 11) is 0. The number of carbonyl (C=O) groups excluding carboxylic acids is 1. The summed E-state index contributed by atoms with van der Waals surface area (Å²) in [6.45, 7) is 6.61. The number of carbonyl (C=O) groups is 1. The summed E-state index contributed by atoms with van der Waals surface area (Å²) in [4.78, 5) is 38.5. The number of aromatic carboxylic acids is 1. The van der Waals surface area contributed by atoms with Crippen molar-refractivity contribution in [3.05, 3.63) is 55.9 Å². The third-order valence-electron chi connectivity index (χ3n) is 6.14. The zero-order valence-electron chi connectivity index (χ0n) is 17.4. The first-order valence-electron chi connectivity index (χ1n) is 10.2. The van der Waals surface area contributed by atoms with Crippen LogP contribution in [0.15, 0.2) is 35.6 Å². The fourth-order valence-electron chi connectivity index (χ4n) is 4.46. The average Bonchev–Trinajstić information content (AvgIpc) is 3.05. The third-order valence-corrected chi connectivity index (χ3v) is 7.31. The van der Waals surface area contributed by atoms with Crippen LogP contribution in [0.3, 0.4) is 0 Å². The van der Waals surface area contributed by atoms with Crippen LogP contribution in [0.25, 0.3) is 10.9 Å². The highest BCUT2D eigenvalue weighted by Crippen LogP contribution is 2.46. The smallest absolute Gasteiger partial charge is 0.519 e. The number of piperazine rings is 1. The Bertz CT molecular complexity index is 1370. The minimum absolute atomic E-state index is 0.0380. The fourth-order valence-corrected chi connectivity index (χ4v) is 5.61. The van der Waals surface area contributed by atoms with Crippen LogP contribution in [0.5, 0.6) is 0 Å². The van der Waals surface area contributed by atoms with E-state index in [1.807, 2.05) is 11.8 Å². The number of nitrogens with one attached hydrogen (secondary N) is 1. The monoisotopic (exact) mass is 461 g/mol. The van der Waals surface area contributed by atoms with E-state index in [0.717, 1.165) is 6.07 Å². The topological polar surface area (TPSA) is 113 Å². The first-order chi connectivity index (χ1) is 15.2. The van der Waals surface area contributed by atoms with E-state index in [1.54, 1.807) is 17.6 Å². The molecule has 168 valence electrons. The molecule has 0 saturated carbocycles. The number of aromatic nitrogens is 1. The second-order valence-electron chi connectivity index (χ2n) is 8.05. The summed E-state index contributed by atoms with van der Waals surface area (Å²) >= 11 is 1.28. The molecule has 0 radical (unpaired) electrons. The molecular weight excluding hydrogens is 441 g/mol. The number of nitrogens with zero attached hydrogens (tertiary/aromatic N) is 2. The lowest BCUT2D eigenvalue weighted by molar-refractivity contribution is -0.915. The molecule has 0 unspecified atom stereocenters. The number of thioether (sulfide) groups is 1. The number of halogens is 1. The van der Waals surface area contributed by atoms with E-state index in [4.69, 9.17) is 8.83 Å². The Labute approximate surface area is 185 Å². The molecule has 1 fully saturated rings. The van der Waals surface area contributed by atoms with Crippen molar-refractivity contribution >= 4 is 34.3 Å². The largest absolute Gasteiger partial charge is 0.545 e. The highest BCUT2D eigenvalue weighted by Gasteiger charge is 2.32. The van der Waals surface area contributed by atoms with Crippen LogP contribution in [0.4, 0.5) is 10.1 Å². The summed E-state index contributed by atoms with van der Waals surface area (Å²) in [5, 5.41) is 11.8. The van der Waals surface area contributed by atoms with E-state index >= 15 is 4.39 Å². The van der Waals surface area contributed by atoms with E-state index in [2.05, 4.69) is 0 Å². The van der Waals surface area contributed by atoms with Gasteiger partial charge in [-0.05, 0) is 26.0 Å². The van der Waals surface area contributed by atoms with Gasteiger partial charge in [0.05, 0.1) is 59.3 Å². The van der Waals surface area contributed by atoms with Crippen molar-refractivity contribution in [3.63, 3.8) is 0 Å². The molecule has 11 heteroatoms. The van der Waals surface area contributed by atoms with E-state index in [9.17, 15) is 19.5 Å². The SMILES string of the molecule is Cc1oc(=O)oc1C[NH+]1CCN(c2cc3c(cc2F)c(=O)c(C(=O)[O-])c2n3[C@H](C)S2)CC1. The second-order valence-corrected chi connectivity index (χ2v) is 9.36. The number of quaternary nitrogens is 1. The van der Waals surface area contributed by atoms with Crippen molar-refractivity contribution < 1.29 is 28.0 Å². The Morgan fingerprint density at radius 2 is 2.00 bits per heavy atom. The zero-order valence-corrected chi connectivity index (χ0v) is 18.2. The number of hydrogen-bond donors (Lipinski definition) is 1. The van der Waals surface area contributed by atoms with Gasteiger partial charge in [0.25, 0.3) is 0 Å². The molecule has 0 bridgehead atoms. The quantitative estimate of drug-likeness (QED) is 0.573. The molecule has 0 spiro atoms. The standard InChI is InChI=1S/C21H20FN3O6S/c1-10-16(31-21(29)30-10)9-23-3-5-24(6-4-23)15-8-14-12(7-13(15)22)18(26)17(20(27)28)19-25(14)11(2)32-19/h7-8,11H,3-6,9H2,1-2H3,(H,27,28)/t11-/m0/s1. The van der Waals surface area contributed by atoms with Crippen molar-refractivity contribution in [1.82, 2.24) is 4.57 Å². The van der Waals surface area contributed by atoms with Crippen molar-refractivity contribution in [2.45, 2.75) is 30.8 Å². The molecule has 3 aromatic rings. The van der Waals surface area contributed by atoms with Gasteiger partial charge < -0.3 is 33.1 Å². The number of carboxylic acids is 1. The average molecular weight is 461 g/mol. The van der Waals surface area contributed by atoms with Crippen molar-refractivity contribution in [2.75, 3.05) is 31.1 Å². The molecule has 0 aliphatic carbocycles. The number of rotatable bonds is 4. The third kappa shape index (κ3) is 3.23. The van der Waals surface area contributed by atoms with Gasteiger partial charge in [0.15, 0.2) is 11.2 Å². The summed E-state index contributed by atoms with van der Waals surface area (Å²) in [6.07, 6.45) is 0. The van der Waals surface area contributed by atoms with Crippen LogP contribution in [0, 0.1) is 12.7 Å². The molecule has 1 atom stereocenters. The minimum Gasteiger partial charge on any atom is -0.545 e. The second kappa shape index (κ2) is 7.52. The van der Waals surface area contributed by atoms with Gasteiger partial charge >= 0.3 is 5.82 Å². The number of anilines is 1. The number of fused-ring (bicyclic) bond motifs is 3. The molecule has 2 aromatic heterocycles. The van der Waals surface area contributed by atoms with E-state index in [1.165, 1.54) is 16.7 Å². The normalized spacial score (nSPS) is 18.6. The lowest BCUT2D eigenvalue weighted by Crippen LogP contribution is -3.13. The van der Waals surface area contributed by atoms with Crippen molar-refractivity contribution in [1.29, 1.82) is 0 Å². The molecular formula is C21H20FN3O6S. The molecule has 2 aliphatic heterocycles. The molecule has 9 nitrogen and oxygen atoms in total. The molecule has 1 aromatic carbocycles. The van der Waals surface area contributed by atoms with Crippen LogP contribution >= 0.6 is 11.8 Å². The van der Waals surface area contributed by atoms with Gasteiger partial charge in [-0.3, -0.25) is 4.79 Å². The highest BCUT2D eigenvalue weighted by atomic mass is 32.2. The number of carboxylic acid groups (broad SMARTS) is 1. The number of pyridine rings is 1. The molecule has 0 amide bonds. The van der Waals surface area contributed by atoms with Crippen LogP contribution in [0.1, 0.15) is 34.2 Å². The number of aryl methyl sites for hydroxylation is 1. The van der Waals surface area contributed by atoms with Crippen LogP contribution in [-0.2, 0) is 6.54 Å². The van der Waals surface area contributed by atoms with Crippen LogP contribution < -0.4 is 26.2 Å². The lowest BCUT2D eigenvalue weighted by atomic mass is 10.1. The van der Waals surface area contributed by atoms with Gasteiger partial charge in [-0.2, -0.15) is 0 Å². The summed E-state index contributed by atoms with van der Waals surface area (Å²) in [5.41, 5.74) is -0.237. The molecule has 4 heterocycles. The summed E-state index contributed by atoms with van der Waals surface area (Å²) in [6, 6.07) is 2.76. The van der Waals surface area contributed by atoms with Gasteiger partial charge in [0.1, 0.15) is 12.4 Å². The van der Waals surface area contributed by atoms with Gasteiger partial charge in [-0.25, -0.2) is 9.18 Å². The Kier molecular flexibility index (Phi) is 4.90. The van der Waals surface area contributed by atoms with E-state index in [-0.39, 0.29) is 10.8 Å². The molecule has 5 rings (SSSR count). The number of hydrogen-bond acceptors (Lipinski definition) is 8. The maximum atomic E-state index is 15.0. The van der Waals surface area contributed by atoms with E-state index < -0.39 is 28.6 Å². The summed E-state index contributed by atoms with van der Waals surface area (Å²) < 4.78 is 26.8. The van der Waals surface area contributed by atoms with Crippen LogP contribution in [0.2, 0.25) is 0 Å². The predicted octanol–water partition coefficient (Wildman–Crippen LogP) is -0.112. The summed E-state index contributed by atoms with van der Waals surface area (Å²) in [5.74, 6) is -1.85. The maximum absolute atomic E-state index is 15.0. The molecule has 1 saturated heterocycles.